The predicted molar refractivity (Wildman–Crippen MR) is 75.6 cm³/mol. The Morgan fingerprint density at radius 1 is 1.48 bits per heavy atom. The lowest BCUT2D eigenvalue weighted by Gasteiger charge is -2.31. The van der Waals surface area contributed by atoms with Crippen LogP contribution in [0.5, 0.6) is 0 Å². The van der Waals surface area contributed by atoms with E-state index in [1.165, 1.54) is 23.5 Å². The van der Waals surface area contributed by atoms with Crippen molar-refractivity contribution in [2.24, 2.45) is 0 Å². The Labute approximate surface area is 124 Å². The summed E-state index contributed by atoms with van der Waals surface area (Å²) in [5.41, 5.74) is 0. The van der Waals surface area contributed by atoms with E-state index in [0.29, 0.717) is 25.5 Å². The van der Waals surface area contributed by atoms with Crippen molar-refractivity contribution in [3.8, 4) is 0 Å². The van der Waals surface area contributed by atoms with E-state index in [1.807, 2.05) is 5.38 Å². The number of aromatic nitrogens is 2. The minimum atomic E-state index is -0.441. The number of anilines is 1. The fourth-order valence-electron chi connectivity index (χ4n) is 2.02. The standard InChI is InChI=1S/C13H13FN4O2S/c14-9-1-2-11(16-7-9)17-13(19)18-4-5-20-10(8-18)12-15-3-6-21-12/h1-3,6-7,10H,4-5,8H2,(H,16,17,19)/t10-/m1/s1. The van der Waals surface area contributed by atoms with Crippen molar-refractivity contribution in [1.82, 2.24) is 14.9 Å². The Kier molecular flexibility index (Phi) is 4.07. The molecule has 1 aliphatic rings. The fraction of sp³-hybridized carbons (Fsp3) is 0.308. The smallest absolute Gasteiger partial charge is 0.323 e. The van der Waals surface area contributed by atoms with Gasteiger partial charge in [-0.05, 0) is 12.1 Å². The van der Waals surface area contributed by atoms with Gasteiger partial charge in [-0.3, -0.25) is 5.32 Å². The van der Waals surface area contributed by atoms with Gasteiger partial charge in [0.25, 0.3) is 0 Å². The highest BCUT2D eigenvalue weighted by atomic mass is 32.1. The zero-order valence-electron chi connectivity index (χ0n) is 11.0. The van der Waals surface area contributed by atoms with E-state index in [4.69, 9.17) is 4.74 Å². The van der Waals surface area contributed by atoms with Crippen LogP contribution >= 0.6 is 11.3 Å². The van der Waals surface area contributed by atoms with E-state index in [2.05, 4.69) is 15.3 Å². The van der Waals surface area contributed by atoms with Gasteiger partial charge < -0.3 is 9.64 Å². The van der Waals surface area contributed by atoms with Gasteiger partial charge in [0.05, 0.1) is 19.3 Å². The highest BCUT2D eigenvalue weighted by Crippen LogP contribution is 2.24. The number of morpholine rings is 1. The molecule has 3 rings (SSSR count). The van der Waals surface area contributed by atoms with Crippen molar-refractivity contribution in [3.63, 3.8) is 0 Å². The molecule has 110 valence electrons. The van der Waals surface area contributed by atoms with Gasteiger partial charge >= 0.3 is 6.03 Å². The maximum atomic E-state index is 12.8. The zero-order valence-corrected chi connectivity index (χ0v) is 11.8. The third-order valence-electron chi connectivity index (χ3n) is 3.04. The number of pyridine rings is 1. The number of thiazole rings is 1. The van der Waals surface area contributed by atoms with Crippen molar-refractivity contribution in [1.29, 1.82) is 0 Å². The SMILES string of the molecule is O=C(Nc1ccc(F)cn1)N1CCO[C@@H](c2nccs2)C1. The van der Waals surface area contributed by atoms with Gasteiger partial charge in [0.2, 0.25) is 0 Å². The maximum Gasteiger partial charge on any atom is 0.323 e. The number of ether oxygens (including phenoxy) is 1. The molecule has 0 saturated carbocycles. The molecule has 1 saturated heterocycles. The Hall–Kier alpha value is -2.06. The number of amides is 2. The first-order valence-corrected chi connectivity index (χ1v) is 7.29. The van der Waals surface area contributed by atoms with E-state index in [-0.39, 0.29) is 12.1 Å². The molecule has 0 aromatic carbocycles. The molecule has 1 atom stereocenters. The summed E-state index contributed by atoms with van der Waals surface area (Å²) < 4.78 is 18.4. The molecule has 0 bridgehead atoms. The van der Waals surface area contributed by atoms with Gasteiger partial charge in [-0.15, -0.1) is 11.3 Å². The summed E-state index contributed by atoms with van der Waals surface area (Å²) in [6.07, 6.45) is 2.57. The summed E-state index contributed by atoms with van der Waals surface area (Å²) >= 11 is 1.50. The molecule has 2 aromatic rings. The Balaban J connectivity index is 1.63. The summed E-state index contributed by atoms with van der Waals surface area (Å²) in [6.45, 7) is 1.38. The first kappa shape index (κ1) is 13.9. The molecule has 1 fully saturated rings. The molecule has 1 aliphatic heterocycles. The number of nitrogens with one attached hydrogen (secondary N) is 1. The summed E-state index contributed by atoms with van der Waals surface area (Å²) in [5, 5.41) is 5.37. The molecule has 0 radical (unpaired) electrons. The van der Waals surface area contributed by atoms with Crippen LogP contribution < -0.4 is 5.32 Å². The van der Waals surface area contributed by atoms with Gasteiger partial charge in [0, 0.05) is 18.1 Å². The predicted octanol–water partition coefficient (Wildman–Crippen LogP) is 2.28. The second-order valence-corrected chi connectivity index (χ2v) is 5.39. The minimum Gasteiger partial charge on any atom is -0.367 e. The average Bonchev–Trinajstić information content (AvgIpc) is 3.04. The topological polar surface area (TPSA) is 67.4 Å². The number of carbonyl (C=O) groups excluding carboxylic acids is 1. The van der Waals surface area contributed by atoms with Crippen LogP contribution in [-0.4, -0.2) is 40.6 Å². The molecule has 2 amide bonds. The van der Waals surface area contributed by atoms with Gasteiger partial charge in [0.15, 0.2) is 0 Å². The number of halogens is 1. The minimum absolute atomic E-state index is 0.203. The molecule has 6 nitrogen and oxygen atoms in total. The van der Waals surface area contributed by atoms with Crippen molar-refractivity contribution < 1.29 is 13.9 Å². The van der Waals surface area contributed by atoms with E-state index >= 15 is 0 Å². The molecule has 3 heterocycles. The highest BCUT2D eigenvalue weighted by Gasteiger charge is 2.27. The van der Waals surface area contributed by atoms with E-state index in [0.717, 1.165) is 11.2 Å². The first-order chi connectivity index (χ1) is 10.2. The molecule has 8 heteroatoms. The van der Waals surface area contributed by atoms with Crippen LogP contribution in [0.1, 0.15) is 11.1 Å². The van der Waals surface area contributed by atoms with Crippen LogP contribution in [0.25, 0.3) is 0 Å². The first-order valence-electron chi connectivity index (χ1n) is 6.41. The molecule has 1 N–H and O–H groups in total. The monoisotopic (exact) mass is 308 g/mol. The van der Waals surface area contributed by atoms with Crippen LogP contribution in [0.4, 0.5) is 15.0 Å². The molecule has 0 spiro atoms. The highest BCUT2D eigenvalue weighted by molar-refractivity contribution is 7.09. The second-order valence-electron chi connectivity index (χ2n) is 4.47. The fourth-order valence-corrected chi connectivity index (χ4v) is 2.69. The third-order valence-corrected chi connectivity index (χ3v) is 3.91. The Morgan fingerprint density at radius 2 is 2.38 bits per heavy atom. The normalized spacial score (nSPS) is 18.5. The van der Waals surface area contributed by atoms with Gasteiger partial charge in [0.1, 0.15) is 22.7 Å². The summed E-state index contributed by atoms with van der Waals surface area (Å²) in [4.78, 5) is 21.8. The van der Waals surface area contributed by atoms with Crippen LogP contribution in [-0.2, 0) is 4.74 Å². The van der Waals surface area contributed by atoms with Crippen molar-refractivity contribution in [3.05, 3.63) is 40.7 Å². The molecular weight excluding hydrogens is 295 g/mol. The van der Waals surface area contributed by atoms with Crippen LogP contribution in [0.3, 0.4) is 0 Å². The average molecular weight is 308 g/mol. The Bertz CT molecular complexity index is 605. The molecule has 0 unspecified atom stereocenters. The lowest BCUT2D eigenvalue weighted by molar-refractivity contribution is -0.0136. The number of nitrogens with zero attached hydrogens (tertiary/aromatic N) is 3. The zero-order chi connectivity index (χ0) is 14.7. The molecular formula is C13H13FN4O2S. The second kappa shape index (κ2) is 6.15. The van der Waals surface area contributed by atoms with E-state index in [9.17, 15) is 9.18 Å². The number of hydrogen-bond donors (Lipinski definition) is 1. The van der Waals surface area contributed by atoms with E-state index in [1.54, 1.807) is 11.1 Å². The quantitative estimate of drug-likeness (QED) is 0.924. The van der Waals surface area contributed by atoms with Crippen LogP contribution in [0, 0.1) is 5.82 Å². The van der Waals surface area contributed by atoms with Crippen LogP contribution in [0.15, 0.2) is 29.9 Å². The number of urea groups is 1. The third kappa shape index (κ3) is 3.34. The number of hydrogen-bond acceptors (Lipinski definition) is 5. The maximum absolute atomic E-state index is 12.8. The molecule has 21 heavy (non-hydrogen) atoms. The number of rotatable bonds is 2. The lowest BCUT2D eigenvalue weighted by atomic mass is 10.3. The van der Waals surface area contributed by atoms with Gasteiger partial charge in [-0.1, -0.05) is 0 Å². The lowest BCUT2D eigenvalue weighted by Crippen LogP contribution is -2.44. The summed E-state index contributed by atoms with van der Waals surface area (Å²) in [5.74, 6) is -0.123. The van der Waals surface area contributed by atoms with Gasteiger partial charge in [-0.2, -0.15) is 0 Å². The van der Waals surface area contributed by atoms with Crippen molar-refractivity contribution in [2.45, 2.75) is 6.10 Å². The Morgan fingerprint density at radius 3 is 3.10 bits per heavy atom. The van der Waals surface area contributed by atoms with E-state index < -0.39 is 5.82 Å². The molecule has 2 aromatic heterocycles. The van der Waals surface area contributed by atoms with Gasteiger partial charge in [-0.25, -0.2) is 19.2 Å². The summed E-state index contributed by atoms with van der Waals surface area (Å²) in [6, 6.07) is 2.39. The summed E-state index contributed by atoms with van der Waals surface area (Å²) in [7, 11) is 0. The van der Waals surface area contributed by atoms with Crippen LogP contribution in [0.2, 0.25) is 0 Å². The largest absolute Gasteiger partial charge is 0.367 e. The number of carbonyl (C=O) groups is 1. The van der Waals surface area contributed by atoms with Crippen molar-refractivity contribution in [2.75, 3.05) is 25.0 Å². The molecule has 0 aliphatic carbocycles. The van der Waals surface area contributed by atoms with Crippen molar-refractivity contribution >= 4 is 23.2 Å².